The van der Waals surface area contributed by atoms with Gasteiger partial charge in [-0.3, -0.25) is 24.1 Å². The molecule has 4 aromatic rings. The van der Waals surface area contributed by atoms with Crippen molar-refractivity contribution in [2.75, 3.05) is 50.8 Å². The van der Waals surface area contributed by atoms with Crippen molar-refractivity contribution in [3.05, 3.63) is 93.7 Å². The van der Waals surface area contributed by atoms with Crippen LogP contribution in [0.4, 0.5) is 5.82 Å². The number of carbonyl (C=O) groups is 4. The fourth-order valence-electron chi connectivity index (χ4n) is 10.7. The summed E-state index contributed by atoms with van der Waals surface area (Å²) in [5, 5.41) is 29.5. The Bertz CT molecular complexity index is 2640. The van der Waals surface area contributed by atoms with Gasteiger partial charge in [0, 0.05) is 74.8 Å². The fraction of sp³-hybridized carbons (Fsp3) is 0.537. The van der Waals surface area contributed by atoms with Crippen molar-refractivity contribution in [3.8, 4) is 22.3 Å². The average Bonchev–Trinajstić information content (AvgIpc) is 3.95. The first kappa shape index (κ1) is 54.1. The third-order valence-corrected chi connectivity index (χ3v) is 15.7. The van der Waals surface area contributed by atoms with E-state index < -0.39 is 51.8 Å². The first-order valence-electron chi connectivity index (χ1n) is 24.6. The molecule has 16 nitrogen and oxygen atoms in total. The van der Waals surface area contributed by atoms with E-state index in [2.05, 4.69) is 69.5 Å². The molecule has 0 radical (unpaired) electrons. The lowest BCUT2D eigenvalue weighted by atomic mass is 9.49. The fourth-order valence-corrected chi connectivity index (χ4v) is 11.7. The van der Waals surface area contributed by atoms with Crippen LogP contribution in [0, 0.1) is 34.5 Å². The molecule has 0 unspecified atom stereocenters. The molecule has 18 heteroatoms. The molecule has 386 valence electrons. The van der Waals surface area contributed by atoms with Crippen molar-refractivity contribution in [2.24, 2.45) is 16.2 Å². The number of β-amino-alcohol motifs (C(OH)–C–C–N with tert-alkyl or cyclic N) is 1. The highest BCUT2D eigenvalue weighted by molar-refractivity contribution is 7.13. The Morgan fingerprint density at radius 2 is 1.64 bits per heavy atom. The number of nitriles is 1. The maximum absolute atomic E-state index is 14.3. The zero-order valence-corrected chi connectivity index (χ0v) is 44.9. The van der Waals surface area contributed by atoms with Crippen molar-refractivity contribution in [1.82, 2.24) is 35.7 Å². The molecule has 1 aliphatic carbocycles. The molecule has 0 spiro atoms. The Kier molecular flexibility index (Phi) is 16.1. The molecule has 4 N–H and O–H groups in total. The van der Waals surface area contributed by atoms with Crippen LogP contribution in [0.3, 0.4) is 0 Å². The highest BCUT2D eigenvalue weighted by atomic mass is 35.5. The molecule has 3 aliphatic rings. The Hall–Kier alpha value is -5.64. The minimum atomic E-state index is -0.986. The molecular formula is C54H70ClN9O7S. The molecule has 4 atom stereocenters. The van der Waals surface area contributed by atoms with Crippen LogP contribution in [-0.2, 0) is 19.1 Å². The number of anilines is 1. The van der Waals surface area contributed by atoms with Crippen molar-refractivity contribution in [3.63, 3.8) is 0 Å². The van der Waals surface area contributed by atoms with Crippen molar-refractivity contribution in [1.29, 1.82) is 5.26 Å². The van der Waals surface area contributed by atoms with Gasteiger partial charge in [-0.1, -0.05) is 84.3 Å². The topological polar surface area (TPSA) is 202 Å². The third kappa shape index (κ3) is 12.1. The third-order valence-electron chi connectivity index (χ3n) is 14.4. The quantitative estimate of drug-likeness (QED) is 0.0903. The van der Waals surface area contributed by atoms with Gasteiger partial charge in [-0.2, -0.15) is 5.26 Å². The number of likely N-dealkylation sites (tertiary alicyclic amines) is 1. The number of hydrogen-bond donors (Lipinski definition) is 4. The number of pyridine rings is 1. The predicted molar refractivity (Wildman–Crippen MR) is 279 cm³/mol. The normalized spacial score (nSPS) is 21.7. The van der Waals surface area contributed by atoms with Gasteiger partial charge in [0.2, 0.25) is 17.7 Å². The number of amides is 4. The first-order chi connectivity index (χ1) is 33.8. The Labute approximate surface area is 432 Å². The molecular weight excluding hydrogens is 954 g/mol. The minimum Gasteiger partial charge on any atom is -0.489 e. The molecule has 2 aromatic heterocycles. The summed E-state index contributed by atoms with van der Waals surface area (Å²) in [5.74, 6) is -0.144. The Morgan fingerprint density at radius 3 is 2.22 bits per heavy atom. The first-order valence-corrected chi connectivity index (χ1v) is 25.9. The summed E-state index contributed by atoms with van der Waals surface area (Å²) >= 11 is 7.84. The van der Waals surface area contributed by atoms with E-state index in [4.69, 9.17) is 21.1 Å². The van der Waals surface area contributed by atoms with Crippen LogP contribution in [0.1, 0.15) is 109 Å². The van der Waals surface area contributed by atoms with E-state index in [9.17, 15) is 29.5 Å². The van der Waals surface area contributed by atoms with E-state index in [0.29, 0.717) is 41.5 Å². The standard InChI is InChI=1S/C54H70ClN9O7S/c1-32(34-12-14-35(15-13-34)44-33(2)58-31-72-44)59-47(68)41-24-38(65)28-64(41)48(69)45(51(3,4)5)60-43(66)29-70-52(6,7)30-62-20-22-63(23-21-62)42-19-17-37(27-57-42)46(67)61-49-53(8,9)50(54(49,10)11)71-39-18-16-36(26-56)40(55)25-39/h12-19,25,27,31-32,38,41,45,49-50,65H,20-24,28-30H2,1-11H3,(H,59,68)(H,60,66)(H,61,67)/t32-,38+,41-,45+,49?,50?/m0/s1. The molecule has 4 amide bonds. The minimum absolute atomic E-state index is 0.0259. The van der Waals surface area contributed by atoms with E-state index in [1.54, 1.807) is 41.8 Å². The van der Waals surface area contributed by atoms with Gasteiger partial charge >= 0.3 is 0 Å². The number of aromatic nitrogens is 2. The van der Waals surface area contributed by atoms with Crippen molar-refractivity contribution in [2.45, 2.75) is 125 Å². The van der Waals surface area contributed by atoms with Gasteiger partial charge < -0.3 is 40.3 Å². The number of aryl methyl sites for hydroxylation is 1. The number of piperazine rings is 1. The van der Waals surface area contributed by atoms with Crippen molar-refractivity contribution < 1.29 is 33.8 Å². The number of halogens is 1. The number of carbonyl (C=O) groups excluding carboxylic acids is 4. The van der Waals surface area contributed by atoms with E-state index in [-0.39, 0.29) is 49.6 Å². The second-order valence-corrected chi connectivity index (χ2v) is 23.7. The molecule has 1 saturated carbocycles. The lowest BCUT2D eigenvalue weighted by Crippen LogP contribution is -2.74. The Morgan fingerprint density at radius 1 is 0.958 bits per heavy atom. The zero-order chi connectivity index (χ0) is 52.5. The van der Waals surface area contributed by atoms with Crippen LogP contribution in [0.2, 0.25) is 5.02 Å². The van der Waals surface area contributed by atoms with Crippen LogP contribution in [0.5, 0.6) is 5.75 Å². The van der Waals surface area contributed by atoms with E-state index in [1.807, 2.05) is 84.3 Å². The lowest BCUT2D eigenvalue weighted by Gasteiger charge is -2.63. The molecule has 2 aromatic carbocycles. The number of ether oxygens (including phenoxy) is 2. The summed E-state index contributed by atoms with van der Waals surface area (Å²) in [5.41, 5.74) is 3.32. The summed E-state index contributed by atoms with van der Waals surface area (Å²) in [6.07, 6.45) is 0.583. The van der Waals surface area contributed by atoms with E-state index in [1.165, 1.54) is 4.90 Å². The van der Waals surface area contributed by atoms with Crippen molar-refractivity contribution >= 4 is 52.4 Å². The number of rotatable bonds is 16. The summed E-state index contributed by atoms with van der Waals surface area (Å²) in [4.78, 5) is 71.1. The SMILES string of the molecule is Cc1ncsc1-c1ccc([C@H](C)NC(=O)[C@@H]2C[C@@H](O)CN2C(=O)[C@@H](NC(=O)COC(C)(C)CN2CCN(c3ccc(C(=O)NC4C(C)(C)C(Oc5ccc(C#N)c(Cl)c5)C4(C)C)cn3)CC2)C(C)(C)C)cc1. The van der Waals surface area contributed by atoms with Gasteiger partial charge in [0.25, 0.3) is 5.91 Å². The second kappa shape index (κ2) is 21.4. The van der Waals surface area contributed by atoms with Gasteiger partial charge in [0.15, 0.2) is 0 Å². The highest BCUT2D eigenvalue weighted by Gasteiger charge is 2.64. The number of aliphatic hydroxyl groups is 1. The number of nitrogens with one attached hydrogen (secondary N) is 3. The molecule has 3 fully saturated rings. The lowest BCUT2D eigenvalue weighted by molar-refractivity contribution is -0.164. The van der Waals surface area contributed by atoms with E-state index >= 15 is 0 Å². The maximum Gasteiger partial charge on any atom is 0.253 e. The number of hydrogen-bond acceptors (Lipinski definition) is 13. The maximum atomic E-state index is 14.3. The predicted octanol–water partition coefficient (Wildman–Crippen LogP) is 6.94. The molecule has 4 heterocycles. The number of nitrogens with zero attached hydrogens (tertiary/aromatic N) is 6. The smallest absolute Gasteiger partial charge is 0.253 e. The average molecular weight is 1020 g/mol. The second-order valence-electron chi connectivity index (χ2n) is 22.4. The van der Waals surface area contributed by atoms with Gasteiger partial charge in [0.1, 0.15) is 42.4 Å². The Balaban J connectivity index is 0.862. The number of aliphatic hydroxyl groups excluding tert-OH is 1. The largest absolute Gasteiger partial charge is 0.489 e. The summed E-state index contributed by atoms with van der Waals surface area (Å²) in [7, 11) is 0. The van der Waals surface area contributed by atoms with Gasteiger partial charge in [-0.05, 0) is 68.5 Å². The molecule has 7 rings (SSSR count). The highest BCUT2D eigenvalue weighted by Crippen LogP contribution is 2.55. The number of thiazole rings is 1. The summed E-state index contributed by atoms with van der Waals surface area (Å²) < 4.78 is 12.6. The van der Waals surface area contributed by atoms with Crippen LogP contribution >= 0.6 is 22.9 Å². The van der Waals surface area contributed by atoms with Crippen LogP contribution in [0.15, 0.2) is 66.3 Å². The van der Waals surface area contributed by atoms with Gasteiger partial charge in [-0.25, -0.2) is 9.97 Å². The summed E-state index contributed by atoms with van der Waals surface area (Å²) in [6.45, 7) is 24.6. The van der Waals surface area contributed by atoms with Crippen LogP contribution in [-0.4, -0.2) is 130 Å². The van der Waals surface area contributed by atoms with Crippen LogP contribution < -0.4 is 25.6 Å². The molecule has 2 saturated heterocycles. The van der Waals surface area contributed by atoms with Gasteiger partial charge in [-0.15, -0.1) is 11.3 Å². The van der Waals surface area contributed by atoms with Gasteiger partial charge in [0.05, 0.1) is 50.0 Å². The summed E-state index contributed by atoms with van der Waals surface area (Å²) in [6, 6.07) is 16.3. The number of benzene rings is 2. The molecule has 2 aliphatic heterocycles. The molecule has 0 bridgehead atoms. The van der Waals surface area contributed by atoms with E-state index in [0.717, 1.165) is 40.6 Å². The zero-order valence-electron chi connectivity index (χ0n) is 43.3. The van der Waals surface area contributed by atoms with Crippen LogP contribution in [0.25, 0.3) is 10.4 Å². The molecule has 72 heavy (non-hydrogen) atoms. The monoisotopic (exact) mass is 1020 g/mol.